The van der Waals surface area contributed by atoms with E-state index in [0.29, 0.717) is 32.1 Å². The number of carbonyl (C=O) groups is 2. The molecule has 114 valence electrons. The van der Waals surface area contributed by atoms with E-state index in [1.54, 1.807) is 16.2 Å². The molecular weight excluding hydrogens is 288 g/mol. The zero-order chi connectivity index (χ0) is 14.8. The molecule has 1 saturated carbocycles. The minimum absolute atomic E-state index is 0.00894. The molecule has 0 bridgehead atoms. The number of carboxylic acids is 1. The van der Waals surface area contributed by atoms with Gasteiger partial charge in [0.15, 0.2) is 0 Å². The van der Waals surface area contributed by atoms with Gasteiger partial charge in [0.25, 0.3) is 0 Å². The number of urea groups is 1. The molecular formula is C15H20N2O3S. The van der Waals surface area contributed by atoms with E-state index in [-0.39, 0.29) is 6.03 Å². The summed E-state index contributed by atoms with van der Waals surface area (Å²) in [6.45, 7) is 1.66. The van der Waals surface area contributed by atoms with E-state index in [1.807, 2.05) is 16.3 Å². The summed E-state index contributed by atoms with van der Waals surface area (Å²) in [6.07, 6.45) is 3.57. The van der Waals surface area contributed by atoms with E-state index < -0.39 is 11.9 Å². The molecule has 5 nitrogen and oxygen atoms in total. The molecule has 1 aliphatic carbocycles. The SMILES string of the molecule is O=C(O)[C@@H]1CCCN(C(=O)N(Cc2ccsc2)C2CC2)C1. The highest BCUT2D eigenvalue weighted by molar-refractivity contribution is 7.07. The van der Waals surface area contributed by atoms with Gasteiger partial charge in [-0.25, -0.2) is 4.79 Å². The van der Waals surface area contributed by atoms with Gasteiger partial charge in [0.1, 0.15) is 0 Å². The maximum absolute atomic E-state index is 12.7. The van der Waals surface area contributed by atoms with Crippen LogP contribution < -0.4 is 0 Å². The summed E-state index contributed by atoms with van der Waals surface area (Å²) >= 11 is 1.64. The molecule has 2 aliphatic rings. The average Bonchev–Trinajstić information content (AvgIpc) is 3.20. The Labute approximate surface area is 128 Å². The van der Waals surface area contributed by atoms with Crippen LogP contribution in [0, 0.1) is 5.92 Å². The summed E-state index contributed by atoms with van der Waals surface area (Å²) in [5.41, 5.74) is 1.16. The standard InChI is InChI=1S/C15H20N2O3S/c18-14(19)12-2-1-6-16(9-12)15(20)17(13-3-4-13)8-11-5-7-21-10-11/h5,7,10,12-13H,1-4,6,8-9H2,(H,18,19)/t12-/m1/s1. The molecule has 1 atom stereocenters. The van der Waals surface area contributed by atoms with E-state index in [2.05, 4.69) is 5.38 Å². The third-order valence-corrected chi connectivity index (χ3v) is 4.94. The molecule has 2 heterocycles. The van der Waals surface area contributed by atoms with Crippen molar-refractivity contribution in [1.82, 2.24) is 9.80 Å². The van der Waals surface area contributed by atoms with Crippen molar-refractivity contribution in [2.75, 3.05) is 13.1 Å². The summed E-state index contributed by atoms with van der Waals surface area (Å²) in [6, 6.07) is 2.39. The lowest BCUT2D eigenvalue weighted by Gasteiger charge is -2.35. The lowest BCUT2D eigenvalue weighted by molar-refractivity contribution is -0.143. The van der Waals surface area contributed by atoms with Crippen molar-refractivity contribution in [3.8, 4) is 0 Å². The number of rotatable bonds is 4. The molecule has 21 heavy (non-hydrogen) atoms. The fraction of sp³-hybridized carbons (Fsp3) is 0.600. The molecule has 3 rings (SSSR count). The maximum Gasteiger partial charge on any atom is 0.320 e. The Morgan fingerprint density at radius 1 is 1.38 bits per heavy atom. The molecule has 2 fully saturated rings. The van der Waals surface area contributed by atoms with Crippen LogP contribution in [0.3, 0.4) is 0 Å². The highest BCUT2D eigenvalue weighted by Gasteiger charge is 2.37. The smallest absolute Gasteiger partial charge is 0.320 e. The van der Waals surface area contributed by atoms with Gasteiger partial charge in [-0.15, -0.1) is 0 Å². The fourth-order valence-corrected chi connectivity index (χ4v) is 3.51. The Morgan fingerprint density at radius 3 is 2.81 bits per heavy atom. The molecule has 6 heteroatoms. The lowest BCUT2D eigenvalue weighted by Crippen LogP contribution is -2.49. The second-order valence-electron chi connectivity index (χ2n) is 5.90. The van der Waals surface area contributed by atoms with E-state index in [4.69, 9.17) is 5.11 Å². The molecule has 0 radical (unpaired) electrons. The molecule has 1 aromatic rings. The van der Waals surface area contributed by atoms with Gasteiger partial charge in [-0.1, -0.05) is 0 Å². The molecule has 0 unspecified atom stereocenters. The van der Waals surface area contributed by atoms with E-state index in [1.165, 1.54) is 0 Å². The second-order valence-corrected chi connectivity index (χ2v) is 6.68. The van der Waals surface area contributed by atoms with Crippen LogP contribution in [0.5, 0.6) is 0 Å². The predicted molar refractivity (Wildman–Crippen MR) is 80.2 cm³/mol. The first-order valence-electron chi connectivity index (χ1n) is 7.44. The van der Waals surface area contributed by atoms with Gasteiger partial charge >= 0.3 is 12.0 Å². The third kappa shape index (κ3) is 3.37. The van der Waals surface area contributed by atoms with Crippen molar-refractivity contribution >= 4 is 23.3 Å². The number of hydrogen-bond donors (Lipinski definition) is 1. The Hall–Kier alpha value is -1.56. The number of hydrogen-bond acceptors (Lipinski definition) is 3. The Morgan fingerprint density at radius 2 is 2.19 bits per heavy atom. The minimum Gasteiger partial charge on any atom is -0.481 e. The normalized spacial score (nSPS) is 22.1. The number of carbonyl (C=O) groups excluding carboxylic acids is 1. The summed E-state index contributed by atoms with van der Waals surface area (Å²) < 4.78 is 0. The average molecular weight is 308 g/mol. The van der Waals surface area contributed by atoms with Gasteiger partial charge in [-0.05, 0) is 48.1 Å². The lowest BCUT2D eigenvalue weighted by atomic mass is 9.98. The van der Waals surface area contributed by atoms with Crippen molar-refractivity contribution in [2.45, 2.75) is 38.3 Å². The largest absolute Gasteiger partial charge is 0.481 e. The number of nitrogens with zero attached hydrogens (tertiary/aromatic N) is 2. The van der Waals surface area contributed by atoms with Crippen LogP contribution in [0.2, 0.25) is 0 Å². The van der Waals surface area contributed by atoms with Crippen molar-refractivity contribution in [3.63, 3.8) is 0 Å². The van der Waals surface area contributed by atoms with Crippen molar-refractivity contribution in [1.29, 1.82) is 0 Å². The van der Waals surface area contributed by atoms with Gasteiger partial charge < -0.3 is 14.9 Å². The van der Waals surface area contributed by atoms with Gasteiger partial charge in [0, 0.05) is 25.7 Å². The van der Waals surface area contributed by atoms with E-state index in [0.717, 1.165) is 24.8 Å². The quantitative estimate of drug-likeness (QED) is 0.930. The molecule has 0 spiro atoms. The van der Waals surface area contributed by atoms with E-state index in [9.17, 15) is 9.59 Å². The Kier molecular flexibility index (Phi) is 4.14. The maximum atomic E-state index is 12.7. The summed E-state index contributed by atoms with van der Waals surface area (Å²) in [7, 11) is 0. The zero-order valence-corrected chi connectivity index (χ0v) is 12.7. The van der Waals surface area contributed by atoms with Crippen LogP contribution >= 0.6 is 11.3 Å². The Bertz CT molecular complexity index is 513. The number of amides is 2. The molecule has 0 aromatic carbocycles. The van der Waals surface area contributed by atoms with Crippen molar-refractivity contribution in [3.05, 3.63) is 22.4 Å². The highest BCUT2D eigenvalue weighted by atomic mass is 32.1. The number of thiophene rings is 1. The first-order chi connectivity index (χ1) is 10.1. The molecule has 1 saturated heterocycles. The fourth-order valence-electron chi connectivity index (χ4n) is 2.85. The molecule has 1 aliphatic heterocycles. The summed E-state index contributed by atoms with van der Waals surface area (Å²) in [4.78, 5) is 27.5. The van der Waals surface area contributed by atoms with Gasteiger partial charge in [0.05, 0.1) is 5.92 Å². The number of likely N-dealkylation sites (tertiary alicyclic amines) is 1. The highest BCUT2D eigenvalue weighted by Crippen LogP contribution is 2.30. The Balaban J connectivity index is 1.67. The van der Waals surface area contributed by atoms with Crippen LogP contribution in [0.1, 0.15) is 31.2 Å². The number of carboxylic acid groups (broad SMARTS) is 1. The van der Waals surface area contributed by atoms with Crippen LogP contribution in [0.25, 0.3) is 0 Å². The number of aliphatic carboxylic acids is 1. The zero-order valence-electron chi connectivity index (χ0n) is 11.9. The second kappa shape index (κ2) is 6.05. The third-order valence-electron chi connectivity index (χ3n) is 4.21. The van der Waals surface area contributed by atoms with Gasteiger partial charge in [-0.3, -0.25) is 4.79 Å². The van der Waals surface area contributed by atoms with Crippen LogP contribution in [-0.4, -0.2) is 46.0 Å². The van der Waals surface area contributed by atoms with E-state index >= 15 is 0 Å². The first kappa shape index (κ1) is 14.4. The van der Waals surface area contributed by atoms with Crippen LogP contribution in [-0.2, 0) is 11.3 Å². The predicted octanol–water partition coefficient (Wildman–Crippen LogP) is 2.63. The number of piperidine rings is 1. The monoisotopic (exact) mass is 308 g/mol. The topological polar surface area (TPSA) is 60.9 Å². The summed E-state index contributed by atoms with van der Waals surface area (Å²) in [5, 5.41) is 13.2. The van der Waals surface area contributed by atoms with Crippen LogP contribution in [0.15, 0.2) is 16.8 Å². The van der Waals surface area contributed by atoms with Crippen molar-refractivity contribution < 1.29 is 14.7 Å². The van der Waals surface area contributed by atoms with Gasteiger partial charge in [-0.2, -0.15) is 11.3 Å². The molecule has 1 aromatic heterocycles. The van der Waals surface area contributed by atoms with Crippen molar-refractivity contribution in [2.24, 2.45) is 5.92 Å². The van der Waals surface area contributed by atoms with Gasteiger partial charge in [0.2, 0.25) is 0 Å². The van der Waals surface area contributed by atoms with Crippen LogP contribution in [0.4, 0.5) is 4.79 Å². The first-order valence-corrected chi connectivity index (χ1v) is 8.39. The molecule has 2 amide bonds. The minimum atomic E-state index is -0.789. The molecule has 1 N–H and O–H groups in total. The summed E-state index contributed by atoms with van der Waals surface area (Å²) in [5.74, 6) is -1.20.